The summed E-state index contributed by atoms with van der Waals surface area (Å²) in [6.07, 6.45) is 3.09. The normalized spacial score (nSPS) is 21.6. The summed E-state index contributed by atoms with van der Waals surface area (Å²) in [7, 11) is 0. The molecule has 2 atom stereocenters. The Morgan fingerprint density at radius 3 is 2.71 bits per heavy atom. The largest absolute Gasteiger partial charge is 0.351 e. The highest BCUT2D eigenvalue weighted by atomic mass is 16.2. The second-order valence-electron chi connectivity index (χ2n) is 5.36. The van der Waals surface area contributed by atoms with Crippen molar-refractivity contribution in [3.8, 4) is 0 Å². The maximum absolute atomic E-state index is 12.3. The molecule has 1 aliphatic rings. The Hall–Kier alpha value is -2.08. The van der Waals surface area contributed by atoms with Crippen molar-refractivity contribution >= 4 is 23.3 Å². The third kappa shape index (κ3) is 4.46. The average Bonchev–Trinajstić information content (AvgIpc) is 2.47. The fourth-order valence-electron chi connectivity index (χ4n) is 2.61. The molecule has 0 spiro atoms. The highest BCUT2D eigenvalue weighted by Crippen LogP contribution is 2.21. The Balaban J connectivity index is 1.97. The van der Waals surface area contributed by atoms with E-state index in [0.29, 0.717) is 17.3 Å². The van der Waals surface area contributed by atoms with Gasteiger partial charge < -0.3 is 21.7 Å². The molecule has 0 aromatic heterocycles. The van der Waals surface area contributed by atoms with E-state index in [0.717, 1.165) is 25.8 Å². The maximum Gasteiger partial charge on any atom is 0.316 e. The molecule has 0 saturated carbocycles. The zero-order valence-corrected chi connectivity index (χ0v) is 12.2. The van der Waals surface area contributed by atoms with Crippen LogP contribution in [-0.2, 0) is 4.79 Å². The molecule has 1 aromatic rings. The molecule has 0 aliphatic carbocycles. The van der Waals surface area contributed by atoms with Crippen molar-refractivity contribution in [3.05, 3.63) is 24.3 Å². The van der Waals surface area contributed by atoms with Gasteiger partial charge in [0.2, 0.25) is 5.91 Å². The fraction of sp³-hybridized carbons (Fsp3) is 0.467. The van der Waals surface area contributed by atoms with Crippen LogP contribution in [0, 0.1) is 5.92 Å². The van der Waals surface area contributed by atoms with E-state index in [-0.39, 0.29) is 11.9 Å². The van der Waals surface area contributed by atoms with Crippen molar-refractivity contribution in [3.63, 3.8) is 0 Å². The van der Waals surface area contributed by atoms with E-state index >= 15 is 0 Å². The number of nitrogens with one attached hydrogen (secondary N) is 3. The molecule has 1 saturated heterocycles. The molecule has 1 aromatic carbocycles. The quantitative estimate of drug-likeness (QED) is 0.682. The number of nitrogens with two attached hydrogens (primary N) is 1. The number of benzene rings is 1. The summed E-state index contributed by atoms with van der Waals surface area (Å²) in [4.78, 5) is 23.1. The molecular weight excluding hydrogens is 268 g/mol. The van der Waals surface area contributed by atoms with E-state index in [1.54, 1.807) is 24.3 Å². The van der Waals surface area contributed by atoms with Crippen LogP contribution in [0.5, 0.6) is 0 Å². The molecular formula is C15H22N4O2. The van der Waals surface area contributed by atoms with Gasteiger partial charge in [0.15, 0.2) is 0 Å². The van der Waals surface area contributed by atoms with Gasteiger partial charge in [0, 0.05) is 11.4 Å². The number of primary amides is 1. The molecule has 1 heterocycles. The number of urea groups is 1. The summed E-state index contributed by atoms with van der Waals surface area (Å²) in [6.45, 7) is 3.03. The first-order chi connectivity index (χ1) is 10.1. The summed E-state index contributed by atoms with van der Waals surface area (Å²) in [5, 5.41) is 8.61. The van der Waals surface area contributed by atoms with E-state index in [2.05, 4.69) is 22.9 Å². The lowest BCUT2D eigenvalue weighted by molar-refractivity contribution is -0.119. The third-order valence-corrected chi connectivity index (χ3v) is 3.80. The zero-order valence-electron chi connectivity index (χ0n) is 12.2. The molecule has 6 heteroatoms. The zero-order chi connectivity index (χ0) is 15.2. The van der Waals surface area contributed by atoms with Crippen molar-refractivity contribution in [1.82, 2.24) is 5.32 Å². The van der Waals surface area contributed by atoms with Gasteiger partial charge in [-0.1, -0.05) is 19.4 Å². The first-order valence-corrected chi connectivity index (χ1v) is 7.29. The molecule has 2 unspecified atom stereocenters. The Labute approximate surface area is 124 Å². The predicted molar refractivity (Wildman–Crippen MR) is 83.1 cm³/mol. The molecule has 0 bridgehead atoms. The van der Waals surface area contributed by atoms with Crippen LogP contribution in [0.2, 0.25) is 0 Å². The Morgan fingerprint density at radius 1 is 1.33 bits per heavy atom. The second-order valence-corrected chi connectivity index (χ2v) is 5.36. The van der Waals surface area contributed by atoms with E-state index in [1.807, 2.05) is 0 Å². The second kappa shape index (κ2) is 7.08. The summed E-state index contributed by atoms with van der Waals surface area (Å²) in [5.74, 6) is 0.564. The smallest absolute Gasteiger partial charge is 0.316 e. The van der Waals surface area contributed by atoms with Crippen molar-refractivity contribution < 1.29 is 9.59 Å². The standard InChI is InChI=1S/C15H22N4O2/c1-2-10-6-7-17-13(8-10)14(20)18-11-4-3-5-12(9-11)19-15(16)21/h3-5,9-10,13,17H,2,6-8H2,1H3,(H,18,20)(H3,16,19,21). The topological polar surface area (TPSA) is 96.2 Å². The van der Waals surface area contributed by atoms with Gasteiger partial charge in [0.1, 0.15) is 0 Å². The van der Waals surface area contributed by atoms with Crippen molar-refractivity contribution in [1.29, 1.82) is 0 Å². The van der Waals surface area contributed by atoms with Crippen LogP contribution in [-0.4, -0.2) is 24.5 Å². The van der Waals surface area contributed by atoms with Gasteiger partial charge in [-0.3, -0.25) is 4.79 Å². The van der Waals surface area contributed by atoms with Crippen molar-refractivity contribution in [2.75, 3.05) is 17.2 Å². The summed E-state index contributed by atoms with van der Waals surface area (Å²) in [6, 6.07) is 6.15. The molecule has 1 aliphatic heterocycles. The maximum atomic E-state index is 12.3. The average molecular weight is 290 g/mol. The Kier molecular flexibility index (Phi) is 5.16. The molecule has 0 radical (unpaired) electrons. The summed E-state index contributed by atoms with van der Waals surface area (Å²) < 4.78 is 0. The van der Waals surface area contributed by atoms with Gasteiger partial charge >= 0.3 is 6.03 Å². The van der Waals surface area contributed by atoms with Crippen molar-refractivity contribution in [2.24, 2.45) is 11.7 Å². The Morgan fingerprint density at radius 2 is 2.05 bits per heavy atom. The highest BCUT2D eigenvalue weighted by molar-refractivity contribution is 5.96. The van der Waals surface area contributed by atoms with Gasteiger partial charge in [-0.25, -0.2) is 4.79 Å². The summed E-state index contributed by atoms with van der Waals surface area (Å²) in [5.41, 5.74) is 6.28. The van der Waals surface area contributed by atoms with Crippen LogP contribution < -0.4 is 21.7 Å². The molecule has 21 heavy (non-hydrogen) atoms. The Bertz CT molecular complexity index is 518. The molecule has 5 N–H and O–H groups in total. The number of piperidine rings is 1. The SMILES string of the molecule is CCC1CCNC(C(=O)Nc2cccc(NC(N)=O)c2)C1. The van der Waals surface area contributed by atoms with Crippen molar-refractivity contribution in [2.45, 2.75) is 32.2 Å². The molecule has 1 fully saturated rings. The van der Waals surface area contributed by atoms with E-state index in [1.165, 1.54) is 0 Å². The van der Waals surface area contributed by atoms with Crippen LogP contribution in [0.15, 0.2) is 24.3 Å². The number of anilines is 2. The highest BCUT2D eigenvalue weighted by Gasteiger charge is 2.25. The minimum absolute atomic E-state index is 0.0376. The van der Waals surface area contributed by atoms with Crippen LogP contribution in [0.4, 0.5) is 16.2 Å². The van der Waals surface area contributed by atoms with Crippen LogP contribution in [0.3, 0.4) is 0 Å². The van der Waals surface area contributed by atoms with E-state index < -0.39 is 6.03 Å². The van der Waals surface area contributed by atoms with Gasteiger partial charge in [-0.2, -0.15) is 0 Å². The number of carbonyl (C=O) groups excluding carboxylic acids is 2. The van der Waals surface area contributed by atoms with Gasteiger partial charge in [-0.05, 0) is 43.5 Å². The molecule has 2 rings (SSSR count). The number of rotatable bonds is 4. The minimum Gasteiger partial charge on any atom is -0.351 e. The van der Waals surface area contributed by atoms with Gasteiger partial charge in [0.25, 0.3) is 0 Å². The first-order valence-electron chi connectivity index (χ1n) is 7.29. The third-order valence-electron chi connectivity index (χ3n) is 3.80. The monoisotopic (exact) mass is 290 g/mol. The van der Waals surface area contributed by atoms with Crippen LogP contribution >= 0.6 is 0 Å². The molecule has 3 amide bonds. The lowest BCUT2D eigenvalue weighted by Gasteiger charge is -2.28. The van der Waals surface area contributed by atoms with Gasteiger partial charge in [0.05, 0.1) is 6.04 Å². The van der Waals surface area contributed by atoms with E-state index in [9.17, 15) is 9.59 Å². The van der Waals surface area contributed by atoms with Crippen LogP contribution in [0.1, 0.15) is 26.2 Å². The summed E-state index contributed by atoms with van der Waals surface area (Å²) >= 11 is 0. The van der Waals surface area contributed by atoms with E-state index in [4.69, 9.17) is 5.73 Å². The molecule has 114 valence electrons. The fourth-order valence-corrected chi connectivity index (χ4v) is 2.61. The number of hydrogen-bond donors (Lipinski definition) is 4. The van der Waals surface area contributed by atoms with Crippen LogP contribution in [0.25, 0.3) is 0 Å². The minimum atomic E-state index is -0.627. The van der Waals surface area contributed by atoms with Gasteiger partial charge in [-0.15, -0.1) is 0 Å². The number of amides is 3. The molecule has 6 nitrogen and oxygen atoms in total. The lowest BCUT2D eigenvalue weighted by atomic mass is 9.90. The first kappa shape index (κ1) is 15.3. The number of hydrogen-bond acceptors (Lipinski definition) is 3. The lowest BCUT2D eigenvalue weighted by Crippen LogP contribution is -2.46. The number of carbonyl (C=O) groups is 2. The predicted octanol–water partition coefficient (Wildman–Crippen LogP) is 1.89.